The van der Waals surface area contributed by atoms with Crippen molar-refractivity contribution < 1.29 is 33.9 Å². The van der Waals surface area contributed by atoms with Gasteiger partial charge in [-0.25, -0.2) is 14.6 Å². The van der Waals surface area contributed by atoms with Crippen molar-refractivity contribution in [3.8, 4) is 0 Å². The van der Waals surface area contributed by atoms with Gasteiger partial charge in [-0.3, -0.25) is 14.5 Å². The Morgan fingerprint density at radius 2 is 1.54 bits per heavy atom. The SMILES string of the molecule is CC(C)(C)OC(=O)NCCSc1nnc(SC2=C(C(=O)O)N3C(=O)[C@@H](NC(=O)/C(=N\OC(c4ccccc4)(c4ccccc4)c4ccccc4)c4nc(N)sc4Cl)[C@H]3SC2)s1. The molecular formula is C40H37ClN8O7S5. The van der Waals surface area contributed by atoms with Crippen LogP contribution in [0.25, 0.3) is 0 Å². The van der Waals surface area contributed by atoms with Gasteiger partial charge >= 0.3 is 12.1 Å². The Hall–Kier alpha value is -5.12. The summed E-state index contributed by atoms with van der Waals surface area (Å²) in [7, 11) is 0. The molecule has 0 aliphatic carbocycles. The number of hydrogen-bond acceptors (Lipinski definition) is 16. The number of rotatable bonds is 15. The molecule has 316 valence electrons. The van der Waals surface area contributed by atoms with Gasteiger partial charge in [-0.15, -0.1) is 22.0 Å². The molecule has 7 rings (SSSR count). The van der Waals surface area contributed by atoms with Crippen LogP contribution in [0.4, 0.5) is 9.93 Å². The van der Waals surface area contributed by atoms with E-state index in [4.69, 9.17) is 26.9 Å². The largest absolute Gasteiger partial charge is 0.477 e. The highest BCUT2D eigenvalue weighted by molar-refractivity contribution is 8.07. The number of alkyl carbamates (subject to hydrolysis) is 1. The molecule has 3 aromatic carbocycles. The highest BCUT2D eigenvalue weighted by Gasteiger charge is 2.55. The average Bonchev–Trinajstić information content (AvgIpc) is 3.84. The molecule has 15 nitrogen and oxygen atoms in total. The average molecular weight is 938 g/mol. The van der Waals surface area contributed by atoms with Crippen molar-refractivity contribution in [1.29, 1.82) is 0 Å². The Kier molecular flexibility index (Phi) is 13.6. The monoisotopic (exact) mass is 936 g/mol. The standard InChI is InChI=1S/C40H37ClN8O7S5/c1-39(2,3)55-36(54)43-19-20-57-37-46-47-38(61-37)59-25-21-58-33-28(32(51)49(33)29(25)34(52)53)44-31(50)27(26-30(41)60-35(42)45-26)48-56-40(22-13-7-4-8-14-22,23-15-9-5-10-16-23)24-17-11-6-12-18-24/h4-18,28,33H,19-21H2,1-3H3,(H2,42,45)(H,43,54)(H,44,50)(H,52,53)/b48-27-/t28-,33-/m1/s1. The van der Waals surface area contributed by atoms with Crippen LogP contribution in [0, 0.1) is 0 Å². The number of carboxylic acids is 1. The van der Waals surface area contributed by atoms with Crippen molar-refractivity contribution >= 4 is 104 Å². The predicted octanol–water partition coefficient (Wildman–Crippen LogP) is 7.05. The zero-order valence-electron chi connectivity index (χ0n) is 32.6. The van der Waals surface area contributed by atoms with E-state index in [1.165, 1.54) is 34.9 Å². The summed E-state index contributed by atoms with van der Waals surface area (Å²) in [6.45, 7) is 5.68. The number of thiazole rings is 1. The number of β-lactam (4-membered cyclic amide) rings is 1. The number of carboxylic acid groups (broad SMARTS) is 1. The first-order chi connectivity index (χ1) is 29.2. The van der Waals surface area contributed by atoms with Crippen LogP contribution in [0.15, 0.2) is 115 Å². The number of fused-ring (bicyclic) bond motifs is 1. The van der Waals surface area contributed by atoms with Gasteiger partial charge in [-0.1, -0.05) is 154 Å². The van der Waals surface area contributed by atoms with Crippen molar-refractivity contribution in [3.05, 3.63) is 128 Å². The predicted molar refractivity (Wildman–Crippen MR) is 239 cm³/mol. The van der Waals surface area contributed by atoms with Crippen LogP contribution in [-0.2, 0) is 29.6 Å². The number of aliphatic carboxylic acids is 1. The van der Waals surface area contributed by atoms with E-state index in [0.717, 1.165) is 28.0 Å². The molecule has 3 amide bonds. The van der Waals surface area contributed by atoms with Crippen LogP contribution in [-0.4, -0.2) is 89.8 Å². The molecule has 61 heavy (non-hydrogen) atoms. The highest BCUT2D eigenvalue weighted by atomic mass is 35.5. The topological polar surface area (TPSA) is 211 Å². The van der Waals surface area contributed by atoms with Gasteiger partial charge in [0.1, 0.15) is 32.7 Å². The first kappa shape index (κ1) is 44.0. The summed E-state index contributed by atoms with van der Waals surface area (Å²) in [4.78, 5) is 65.2. The molecule has 1 fully saturated rings. The van der Waals surface area contributed by atoms with E-state index in [1.807, 2.05) is 91.0 Å². The Morgan fingerprint density at radius 1 is 0.951 bits per heavy atom. The van der Waals surface area contributed by atoms with E-state index in [9.17, 15) is 24.3 Å². The smallest absolute Gasteiger partial charge is 0.407 e. The molecular weight excluding hydrogens is 900 g/mol. The minimum atomic E-state index is -1.37. The van der Waals surface area contributed by atoms with Crippen molar-refractivity contribution in [2.24, 2.45) is 5.16 Å². The van der Waals surface area contributed by atoms with Gasteiger partial charge in [0.2, 0.25) is 5.60 Å². The number of oxime groups is 1. The van der Waals surface area contributed by atoms with Crippen molar-refractivity contribution in [2.45, 2.75) is 52.1 Å². The van der Waals surface area contributed by atoms with Crippen molar-refractivity contribution in [3.63, 3.8) is 0 Å². The molecule has 4 heterocycles. The number of halogens is 1. The number of aromatic nitrogens is 3. The summed E-state index contributed by atoms with van der Waals surface area (Å²) in [6, 6.07) is 27.1. The maximum absolute atomic E-state index is 14.3. The number of ether oxygens (including phenoxy) is 1. The first-order valence-electron chi connectivity index (χ1n) is 18.4. The van der Waals surface area contributed by atoms with Gasteiger partial charge in [0.25, 0.3) is 11.8 Å². The molecule has 0 unspecified atom stereocenters. The third kappa shape index (κ3) is 9.84. The van der Waals surface area contributed by atoms with Crippen LogP contribution < -0.4 is 16.4 Å². The second kappa shape index (κ2) is 18.9. The fourth-order valence-corrected chi connectivity index (χ4v) is 11.8. The number of thioether (sulfide) groups is 3. The molecule has 0 saturated carbocycles. The van der Waals surface area contributed by atoms with E-state index in [2.05, 4.69) is 31.0 Å². The second-order valence-corrected chi connectivity index (χ2v) is 20.5. The van der Waals surface area contributed by atoms with Crippen LogP contribution in [0.1, 0.15) is 43.2 Å². The molecule has 0 bridgehead atoms. The van der Waals surface area contributed by atoms with Gasteiger partial charge in [-0.05, 0) is 20.8 Å². The number of carbonyl (C=O) groups is 4. The number of nitrogens with one attached hydrogen (secondary N) is 2. The highest BCUT2D eigenvalue weighted by Crippen LogP contribution is 2.46. The number of nitrogens with two attached hydrogens (primary N) is 1. The van der Waals surface area contributed by atoms with E-state index in [-0.39, 0.29) is 32.3 Å². The van der Waals surface area contributed by atoms with E-state index in [1.54, 1.807) is 20.8 Å². The molecule has 0 radical (unpaired) electrons. The summed E-state index contributed by atoms with van der Waals surface area (Å²) in [5.41, 5.74) is 5.58. The molecule has 2 aliphatic heterocycles. The number of benzene rings is 3. The lowest BCUT2D eigenvalue weighted by Crippen LogP contribution is -2.71. The Morgan fingerprint density at radius 3 is 2.08 bits per heavy atom. The van der Waals surface area contributed by atoms with E-state index < -0.39 is 46.5 Å². The summed E-state index contributed by atoms with van der Waals surface area (Å²) in [5, 5.41) is 28.0. The maximum atomic E-state index is 14.3. The lowest BCUT2D eigenvalue weighted by Gasteiger charge is -2.49. The zero-order chi connectivity index (χ0) is 43.3. The van der Waals surface area contributed by atoms with Gasteiger partial charge in [0, 0.05) is 39.6 Å². The molecule has 2 atom stereocenters. The number of anilines is 1. The number of amides is 3. The number of carbonyl (C=O) groups excluding carboxylic acids is 3. The molecule has 2 aliphatic rings. The second-order valence-electron chi connectivity index (χ2n) is 14.1. The Balaban J connectivity index is 1.11. The van der Waals surface area contributed by atoms with Crippen LogP contribution in [0.2, 0.25) is 4.34 Å². The zero-order valence-corrected chi connectivity index (χ0v) is 37.4. The fraction of sp³-hybridized carbons (Fsp3) is 0.250. The fourth-order valence-electron chi connectivity index (χ4n) is 6.33. The number of nitrogen functional groups attached to an aromatic ring is 1. The lowest BCUT2D eigenvalue weighted by molar-refractivity contribution is -0.150. The summed E-state index contributed by atoms with van der Waals surface area (Å²) in [6.07, 6.45) is -0.519. The quantitative estimate of drug-likeness (QED) is 0.0207. The maximum Gasteiger partial charge on any atom is 0.407 e. The third-order valence-electron chi connectivity index (χ3n) is 8.87. The van der Waals surface area contributed by atoms with Gasteiger partial charge in [0.05, 0.1) is 0 Å². The van der Waals surface area contributed by atoms with Crippen LogP contribution in [0.5, 0.6) is 0 Å². The lowest BCUT2D eigenvalue weighted by atomic mass is 9.80. The molecule has 5 aromatic rings. The molecule has 2 aromatic heterocycles. The van der Waals surface area contributed by atoms with Crippen LogP contribution >= 0.6 is 69.6 Å². The van der Waals surface area contributed by atoms with Crippen molar-refractivity contribution in [1.82, 2.24) is 30.7 Å². The number of hydrogen-bond donors (Lipinski definition) is 4. The number of nitrogens with zero attached hydrogens (tertiary/aromatic N) is 5. The van der Waals surface area contributed by atoms with Crippen LogP contribution in [0.3, 0.4) is 0 Å². The summed E-state index contributed by atoms with van der Waals surface area (Å²) < 4.78 is 6.41. The minimum Gasteiger partial charge on any atom is -0.477 e. The molecule has 5 N–H and O–H groups in total. The van der Waals surface area contributed by atoms with Gasteiger partial charge < -0.3 is 31.0 Å². The van der Waals surface area contributed by atoms with E-state index in [0.29, 0.717) is 42.6 Å². The first-order valence-corrected chi connectivity index (χ1v) is 23.3. The van der Waals surface area contributed by atoms with Crippen molar-refractivity contribution in [2.75, 3.05) is 23.8 Å². The molecule has 1 saturated heterocycles. The Labute approximate surface area is 375 Å². The van der Waals surface area contributed by atoms with Gasteiger partial charge in [0.15, 0.2) is 19.5 Å². The molecule has 0 spiro atoms. The molecule has 21 heteroatoms. The Bertz CT molecular complexity index is 2390. The summed E-state index contributed by atoms with van der Waals surface area (Å²) in [5.74, 6) is -2.07. The third-order valence-corrected chi connectivity index (χ3v) is 14.6. The van der Waals surface area contributed by atoms with E-state index >= 15 is 0 Å². The normalized spacial score (nSPS) is 16.7. The summed E-state index contributed by atoms with van der Waals surface area (Å²) >= 11 is 12.6. The minimum absolute atomic E-state index is 0.0524. The van der Waals surface area contributed by atoms with Gasteiger partial charge in [-0.2, -0.15) is 0 Å².